The van der Waals surface area contributed by atoms with Gasteiger partial charge in [0.1, 0.15) is 0 Å². The number of hydrogen-bond donors (Lipinski definition) is 2. The van der Waals surface area contributed by atoms with E-state index in [1.807, 2.05) is 0 Å². The molecular weight excluding hydrogens is 234 g/mol. The number of aliphatic hydroxyl groups excluding tert-OH is 1. The van der Waals surface area contributed by atoms with E-state index >= 15 is 0 Å². The SMILES string of the molecule is CCCCCC(O)C1(CN)CCC(C(C)(C)C)CC1. The van der Waals surface area contributed by atoms with Crippen molar-refractivity contribution in [2.75, 3.05) is 6.54 Å². The van der Waals surface area contributed by atoms with Crippen LogP contribution in [0.1, 0.15) is 79.1 Å². The minimum atomic E-state index is -0.190. The molecule has 114 valence electrons. The first-order chi connectivity index (χ1) is 8.85. The summed E-state index contributed by atoms with van der Waals surface area (Å²) in [6.45, 7) is 9.87. The van der Waals surface area contributed by atoms with Gasteiger partial charge in [-0.15, -0.1) is 0 Å². The second-order valence-electron chi connectivity index (χ2n) is 7.72. The van der Waals surface area contributed by atoms with E-state index < -0.39 is 0 Å². The second-order valence-corrected chi connectivity index (χ2v) is 7.72. The lowest BCUT2D eigenvalue weighted by Crippen LogP contribution is -2.45. The summed E-state index contributed by atoms with van der Waals surface area (Å²) in [5, 5.41) is 10.6. The largest absolute Gasteiger partial charge is 0.393 e. The topological polar surface area (TPSA) is 46.2 Å². The van der Waals surface area contributed by atoms with Gasteiger partial charge in [-0.25, -0.2) is 0 Å². The predicted octanol–water partition coefficient (Wildman–Crippen LogP) is 4.11. The fourth-order valence-electron chi connectivity index (χ4n) is 3.63. The highest BCUT2D eigenvalue weighted by Gasteiger charge is 2.42. The quantitative estimate of drug-likeness (QED) is 0.713. The maximum absolute atomic E-state index is 10.6. The van der Waals surface area contributed by atoms with E-state index in [0.717, 1.165) is 31.6 Å². The average Bonchev–Trinajstić information content (AvgIpc) is 2.38. The monoisotopic (exact) mass is 269 g/mol. The molecule has 0 spiro atoms. The molecule has 2 nitrogen and oxygen atoms in total. The standard InChI is InChI=1S/C17H35NO/c1-5-6-7-8-15(19)17(13-18)11-9-14(10-12-17)16(2,3)4/h14-15,19H,5-13,18H2,1-4H3. The molecule has 1 fully saturated rings. The maximum atomic E-state index is 10.6. The Hall–Kier alpha value is -0.0800. The number of rotatable bonds is 6. The van der Waals surface area contributed by atoms with Gasteiger partial charge in [-0.05, 0) is 43.4 Å². The molecule has 0 radical (unpaired) electrons. The van der Waals surface area contributed by atoms with Gasteiger partial charge in [-0.1, -0.05) is 47.0 Å². The van der Waals surface area contributed by atoms with Crippen LogP contribution in [0.3, 0.4) is 0 Å². The molecule has 0 bridgehead atoms. The predicted molar refractivity (Wildman–Crippen MR) is 83.0 cm³/mol. The highest BCUT2D eigenvalue weighted by Crippen LogP contribution is 2.47. The van der Waals surface area contributed by atoms with E-state index in [0.29, 0.717) is 12.0 Å². The summed E-state index contributed by atoms with van der Waals surface area (Å²) < 4.78 is 0. The van der Waals surface area contributed by atoms with E-state index in [2.05, 4.69) is 27.7 Å². The Morgan fingerprint density at radius 2 is 1.79 bits per heavy atom. The molecule has 0 saturated heterocycles. The summed E-state index contributed by atoms with van der Waals surface area (Å²) in [7, 11) is 0. The number of hydrogen-bond acceptors (Lipinski definition) is 2. The van der Waals surface area contributed by atoms with E-state index in [1.54, 1.807) is 0 Å². The van der Waals surface area contributed by atoms with Crippen molar-refractivity contribution in [3.8, 4) is 0 Å². The molecule has 1 rings (SSSR count). The van der Waals surface area contributed by atoms with Crippen LogP contribution in [0.4, 0.5) is 0 Å². The molecule has 1 atom stereocenters. The number of aliphatic hydroxyl groups is 1. The third kappa shape index (κ3) is 4.46. The Bertz CT molecular complexity index is 248. The van der Waals surface area contributed by atoms with E-state index in [-0.39, 0.29) is 11.5 Å². The van der Waals surface area contributed by atoms with Crippen molar-refractivity contribution in [1.82, 2.24) is 0 Å². The van der Waals surface area contributed by atoms with Gasteiger partial charge >= 0.3 is 0 Å². The van der Waals surface area contributed by atoms with Gasteiger partial charge in [0.25, 0.3) is 0 Å². The Morgan fingerprint density at radius 1 is 1.21 bits per heavy atom. The molecule has 1 saturated carbocycles. The zero-order valence-corrected chi connectivity index (χ0v) is 13.5. The van der Waals surface area contributed by atoms with Gasteiger partial charge in [0.15, 0.2) is 0 Å². The van der Waals surface area contributed by atoms with Crippen molar-refractivity contribution in [2.24, 2.45) is 22.5 Å². The number of unbranched alkanes of at least 4 members (excludes halogenated alkanes) is 2. The van der Waals surface area contributed by atoms with Gasteiger partial charge < -0.3 is 10.8 Å². The Morgan fingerprint density at radius 3 is 2.21 bits per heavy atom. The van der Waals surface area contributed by atoms with Crippen LogP contribution in [0, 0.1) is 16.7 Å². The van der Waals surface area contributed by atoms with E-state index in [4.69, 9.17) is 5.73 Å². The first-order valence-corrected chi connectivity index (χ1v) is 8.24. The van der Waals surface area contributed by atoms with Crippen molar-refractivity contribution >= 4 is 0 Å². The van der Waals surface area contributed by atoms with Crippen molar-refractivity contribution in [3.63, 3.8) is 0 Å². The lowest BCUT2D eigenvalue weighted by atomic mass is 9.61. The van der Waals surface area contributed by atoms with E-state index in [9.17, 15) is 5.11 Å². The second kappa shape index (κ2) is 7.08. The Labute approximate surface area is 120 Å². The molecule has 19 heavy (non-hydrogen) atoms. The molecule has 0 aromatic heterocycles. The van der Waals surface area contributed by atoms with Crippen LogP contribution in [0.15, 0.2) is 0 Å². The molecule has 0 amide bonds. The van der Waals surface area contributed by atoms with Gasteiger partial charge in [0.05, 0.1) is 6.10 Å². The maximum Gasteiger partial charge on any atom is 0.0608 e. The first kappa shape index (κ1) is 17.0. The van der Waals surface area contributed by atoms with Gasteiger partial charge in [0.2, 0.25) is 0 Å². The average molecular weight is 269 g/mol. The van der Waals surface area contributed by atoms with Gasteiger partial charge in [-0.3, -0.25) is 0 Å². The zero-order chi connectivity index (χ0) is 14.5. The highest BCUT2D eigenvalue weighted by atomic mass is 16.3. The smallest absolute Gasteiger partial charge is 0.0608 e. The molecule has 2 heteroatoms. The van der Waals surface area contributed by atoms with Crippen LogP contribution < -0.4 is 5.73 Å². The Balaban J connectivity index is 2.54. The van der Waals surface area contributed by atoms with Gasteiger partial charge in [-0.2, -0.15) is 0 Å². The Kier molecular flexibility index (Phi) is 6.32. The first-order valence-electron chi connectivity index (χ1n) is 8.24. The molecular formula is C17H35NO. The van der Waals surface area contributed by atoms with Gasteiger partial charge in [0, 0.05) is 12.0 Å². The minimum Gasteiger partial charge on any atom is -0.393 e. The molecule has 1 unspecified atom stereocenters. The third-order valence-corrected chi connectivity index (χ3v) is 5.40. The fraction of sp³-hybridized carbons (Fsp3) is 1.00. The molecule has 0 aromatic rings. The fourth-order valence-corrected chi connectivity index (χ4v) is 3.63. The lowest BCUT2D eigenvalue weighted by Gasteiger charge is -2.46. The van der Waals surface area contributed by atoms with Crippen LogP contribution >= 0.6 is 0 Å². The lowest BCUT2D eigenvalue weighted by molar-refractivity contribution is -0.0267. The highest BCUT2D eigenvalue weighted by molar-refractivity contribution is 4.94. The summed E-state index contributed by atoms with van der Waals surface area (Å²) in [5.41, 5.74) is 6.44. The molecule has 0 aromatic carbocycles. The molecule has 1 aliphatic rings. The number of nitrogens with two attached hydrogens (primary N) is 1. The zero-order valence-electron chi connectivity index (χ0n) is 13.5. The van der Waals surface area contributed by atoms with Crippen LogP contribution in [0.5, 0.6) is 0 Å². The van der Waals surface area contributed by atoms with E-state index in [1.165, 1.54) is 25.7 Å². The van der Waals surface area contributed by atoms with Crippen LogP contribution in [0.2, 0.25) is 0 Å². The molecule has 0 heterocycles. The minimum absolute atomic E-state index is 0.00942. The summed E-state index contributed by atoms with van der Waals surface area (Å²) in [6, 6.07) is 0. The van der Waals surface area contributed by atoms with Crippen LogP contribution in [-0.4, -0.2) is 17.8 Å². The normalized spacial score (nSPS) is 30.3. The molecule has 3 N–H and O–H groups in total. The van der Waals surface area contributed by atoms with Crippen LogP contribution in [-0.2, 0) is 0 Å². The summed E-state index contributed by atoms with van der Waals surface area (Å²) in [5.74, 6) is 0.787. The van der Waals surface area contributed by atoms with Crippen molar-refractivity contribution in [3.05, 3.63) is 0 Å². The summed E-state index contributed by atoms with van der Waals surface area (Å²) >= 11 is 0. The summed E-state index contributed by atoms with van der Waals surface area (Å²) in [6.07, 6.45) is 9.00. The van der Waals surface area contributed by atoms with Crippen molar-refractivity contribution < 1.29 is 5.11 Å². The van der Waals surface area contributed by atoms with Crippen molar-refractivity contribution in [2.45, 2.75) is 85.2 Å². The summed E-state index contributed by atoms with van der Waals surface area (Å²) in [4.78, 5) is 0. The third-order valence-electron chi connectivity index (χ3n) is 5.40. The molecule has 1 aliphatic carbocycles. The van der Waals surface area contributed by atoms with Crippen molar-refractivity contribution in [1.29, 1.82) is 0 Å². The molecule has 0 aliphatic heterocycles. The van der Waals surface area contributed by atoms with Crippen LogP contribution in [0.25, 0.3) is 0 Å².